The van der Waals surface area contributed by atoms with Crippen LogP contribution in [-0.4, -0.2) is 44.6 Å². The minimum atomic E-state index is -5.19. The third-order valence-corrected chi connectivity index (χ3v) is 17.7. The molecule has 13 heteroatoms. The standard InChI is InChI=1S/C51H47F6NO5Si/c1-49(2,3)64(40-18-9-5-10-19-40,41-20-11-6-12-21-41)63-30-35-26-42-46(48(61)58(47(42)60)38-28-36(50(52,53)54)27-37(29-38)51(55,56)57)43-31-62-44(45(35)43)23-22-34(33-15-7-4-8-16-33)24-32-14-13-17-39(59)25-32/h4-21,24-25,27-29,42-44,46,59H,22-23,26,30-31H2,1-3H3/b34-24-/t42-,43+,44-,46-/m1/s1. The van der Waals surface area contributed by atoms with Gasteiger partial charge in [-0.3, -0.25) is 9.59 Å². The van der Waals surface area contributed by atoms with E-state index in [2.05, 4.69) is 45.0 Å². The topological polar surface area (TPSA) is 76.1 Å². The second-order valence-corrected chi connectivity index (χ2v) is 22.0. The average Bonchev–Trinajstić information content (AvgIpc) is 3.79. The highest BCUT2D eigenvalue weighted by molar-refractivity contribution is 6.99. The van der Waals surface area contributed by atoms with Crippen molar-refractivity contribution in [3.8, 4) is 5.75 Å². The Morgan fingerprint density at radius 3 is 1.88 bits per heavy atom. The quantitative estimate of drug-likeness (QED) is 0.0470. The van der Waals surface area contributed by atoms with E-state index in [1.807, 2.05) is 78.9 Å². The zero-order valence-corrected chi connectivity index (χ0v) is 36.4. The Hall–Kier alpha value is -5.76. The molecule has 332 valence electrons. The van der Waals surface area contributed by atoms with Gasteiger partial charge < -0.3 is 14.3 Å². The lowest BCUT2D eigenvalue weighted by Gasteiger charge is -2.44. The number of nitrogens with zero attached hydrogens (tertiary/aromatic N) is 1. The van der Waals surface area contributed by atoms with Crippen molar-refractivity contribution in [1.82, 2.24) is 0 Å². The summed E-state index contributed by atoms with van der Waals surface area (Å²) in [6, 6.07) is 37.4. The summed E-state index contributed by atoms with van der Waals surface area (Å²) in [6.07, 6.45) is -8.04. The maximum absolute atomic E-state index is 14.5. The number of ether oxygens (including phenoxy) is 1. The van der Waals surface area contributed by atoms with Crippen LogP contribution in [0.15, 0.2) is 145 Å². The number of fused-ring (bicyclic) bond motifs is 3. The molecule has 0 aromatic heterocycles. The lowest BCUT2D eigenvalue weighted by Crippen LogP contribution is -2.66. The highest BCUT2D eigenvalue weighted by Crippen LogP contribution is 2.52. The molecule has 0 unspecified atom stereocenters. The minimum Gasteiger partial charge on any atom is -0.508 e. The Labute approximate surface area is 369 Å². The number of allylic oxidation sites excluding steroid dienone is 1. The van der Waals surface area contributed by atoms with E-state index in [-0.39, 0.29) is 31.5 Å². The number of anilines is 1. The van der Waals surface area contributed by atoms with E-state index in [4.69, 9.17) is 9.16 Å². The predicted molar refractivity (Wildman–Crippen MR) is 236 cm³/mol. The highest BCUT2D eigenvalue weighted by Gasteiger charge is 2.58. The molecule has 8 rings (SSSR count). The van der Waals surface area contributed by atoms with Gasteiger partial charge in [0, 0.05) is 5.92 Å². The molecule has 2 heterocycles. The molecule has 2 fully saturated rings. The van der Waals surface area contributed by atoms with E-state index in [0.29, 0.717) is 29.9 Å². The normalized spacial score (nSPS) is 20.8. The van der Waals surface area contributed by atoms with Gasteiger partial charge in [-0.05, 0) is 92.9 Å². The Morgan fingerprint density at radius 2 is 1.33 bits per heavy atom. The summed E-state index contributed by atoms with van der Waals surface area (Å²) in [7, 11) is -3.19. The number of amides is 2. The fourth-order valence-corrected chi connectivity index (χ4v) is 14.5. The van der Waals surface area contributed by atoms with Crippen LogP contribution in [0, 0.1) is 17.8 Å². The minimum absolute atomic E-state index is 0.00404. The molecule has 2 amide bonds. The lowest BCUT2D eigenvalue weighted by molar-refractivity contribution is -0.143. The van der Waals surface area contributed by atoms with Crippen molar-refractivity contribution in [2.75, 3.05) is 18.1 Å². The summed E-state index contributed by atoms with van der Waals surface area (Å²) in [6.45, 7) is 6.43. The molecule has 64 heavy (non-hydrogen) atoms. The molecule has 4 atom stereocenters. The van der Waals surface area contributed by atoms with Crippen molar-refractivity contribution in [2.45, 2.75) is 63.5 Å². The van der Waals surface area contributed by atoms with Crippen molar-refractivity contribution >= 4 is 47.8 Å². The first kappa shape index (κ1) is 44.8. The number of aromatic hydroxyl groups is 1. The van der Waals surface area contributed by atoms with Crippen molar-refractivity contribution in [1.29, 1.82) is 0 Å². The molecule has 0 radical (unpaired) electrons. The molecule has 2 aliphatic heterocycles. The molecule has 0 spiro atoms. The maximum atomic E-state index is 14.5. The van der Waals surface area contributed by atoms with Gasteiger partial charge in [0.25, 0.3) is 8.32 Å². The molecule has 0 saturated carbocycles. The Morgan fingerprint density at radius 1 is 0.750 bits per heavy atom. The zero-order chi connectivity index (χ0) is 45.6. The number of hydrogen-bond acceptors (Lipinski definition) is 5. The monoisotopic (exact) mass is 895 g/mol. The second kappa shape index (κ2) is 17.3. The van der Waals surface area contributed by atoms with Crippen molar-refractivity contribution in [3.63, 3.8) is 0 Å². The van der Waals surface area contributed by atoms with Crippen LogP contribution in [0.25, 0.3) is 11.6 Å². The van der Waals surface area contributed by atoms with Crippen LogP contribution in [0.3, 0.4) is 0 Å². The van der Waals surface area contributed by atoms with Gasteiger partial charge in [0.1, 0.15) is 5.75 Å². The van der Waals surface area contributed by atoms with Gasteiger partial charge in [-0.1, -0.05) is 130 Å². The van der Waals surface area contributed by atoms with E-state index in [9.17, 15) is 41.0 Å². The first-order valence-corrected chi connectivity index (χ1v) is 23.1. The van der Waals surface area contributed by atoms with Gasteiger partial charge in [0.15, 0.2) is 0 Å². The van der Waals surface area contributed by atoms with E-state index in [1.165, 1.54) is 0 Å². The number of carbonyl (C=O) groups excluding carboxylic acids is 2. The van der Waals surface area contributed by atoms with Crippen molar-refractivity contribution in [2.24, 2.45) is 17.8 Å². The smallest absolute Gasteiger partial charge is 0.416 e. The Bertz CT molecular complexity index is 2520. The predicted octanol–water partition coefficient (Wildman–Crippen LogP) is 10.8. The summed E-state index contributed by atoms with van der Waals surface area (Å²) in [4.78, 5) is 29.5. The molecular weight excluding hydrogens is 849 g/mol. The van der Waals surface area contributed by atoms with Crippen molar-refractivity contribution in [3.05, 3.63) is 167 Å². The van der Waals surface area contributed by atoms with Crippen LogP contribution in [0.4, 0.5) is 32.0 Å². The molecule has 1 aliphatic carbocycles. The highest BCUT2D eigenvalue weighted by atomic mass is 28.4. The van der Waals surface area contributed by atoms with Crippen LogP contribution in [0.5, 0.6) is 5.75 Å². The van der Waals surface area contributed by atoms with Gasteiger partial charge in [-0.15, -0.1) is 0 Å². The number of rotatable bonds is 11. The van der Waals surface area contributed by atoms with E-state index in [1.54, 1.807) is 18.2 Å². The fraction of sp³-hybridized carbons (Fsp3) is 0.294. The molecule has 5 aromatic carbocycles. The number of carbonyl (C=O) groups is 2. The molecular formula is C51H47F6NO5Si. The van der Waals surface area contributed by atoms with Crippen LogP contribution < -0.4 is 15.3 Å². The molecule has 5 aromatic rings. The summed E-state index contributed by atoms with van der Waals surface area (Å²) in [5, 5.41) is 11.8. The summed E-state index contributed by atoms with van der Waals surface area (Å²) in [5.74, 6) is -4.50. The fourth-order valence-electron chi connectivity index (χ4n) is 9.94. The number of halogens is 6. The van der Waals surface area contributed by atoms with Gasteiger partial charge in [0.05, 0.1) is 48.0 Å². The number of benzene rings is 5. The van der Waals surface area contributed by atoms with Crippen LogP contribution in [-0.2, 0) is 31.1 Å². The summed E-state index contributed by atoms with van der Waals surface area (Å²) in [5.41, 5.74) is 0.141. The van der Waals surface area contributed by atoms with Gasteiger partial charge in [0.2, 0.25) is 11.8 Å². The largest absolute Gasteiger partial charge is 0.508 e. The van der Waals surface area contributed by atoms with Crippen LogP contribution in [0.2, 0.25) is 5.04 Å². The van der Waals surface area contributed by atoms with Crippen LogP contribution in [0.1, 0.15) is 62.3 Å². The number of hydrogen-bond donors (Lipinski definition) is 1. The third-order valence-electron chi connectivity index (χ3n) is 12.7. The molecule has 0 bridgehead atoms. The first-order chi connectivity index (χ1) is 30.4. The summed E-state index contributed by atoms with van der Waals surface area (Å²) >= 11 is 0. The number of imide groups is 1. The SMILES string of the molecule is CC(C)(C)[Si](OCC1=C2[C@@H](CC/C(=C/c3cccc(O)c3)c3ccccc3)OC[C@@H]2[C@@H]2C(=O)N(c3cc(C(F)(F)F)cc(C(F)(F)F)c3)C(=O)[C@@H]2C1)(c1ccccc1)c1ccccc1. The van der Waals surface area contributed by atoms with E-state index >= 15 is 0 Å². The van der Waals surface area contributed by atoms with Gasteiger partial charge in [-0.25, -0.2) is 4.90 Å². The number of phenols is 1. The number of phenolic OH excluding ortho intramolecular Hbond substituents is 1. The number of alkyl halides is 6. The maximum Gasteiger partial charge on any atom is 0.416 e. The molecule has 1 N–H and O–H groups in total. The van der Waals surface area contributed by atoms with Gasteiger partial charge >= 0.3 is 12.4 Å². The second-order valence-electron chi connectivity index (χ2n) is 17.7. The summed E-state index contributed by atoms with van der Waals surface area (Å²) < 4.78 is 98.4. The lowest BCUT2D eigenvalue weighted by atomic mass is 9.69. The Kier molecular flexibility index (Phi) is 12.1. The molecule has 2 saturated heterocycles. The first-order valence-electron chi connectivity index (χ1n) is 21.2. The van der Waals surface area contributed by atoms with Crippen molar-refractivity contribution < 1.29 is 50.2 Å². The molecule has 6 nitrogen and oxygen atoms in total. The zero-order valence-electron chi connectivity index (χ0n) is 35.4. The van der Waals surface area contributed by atoms with E-state index in [0.717, 1.165) is 38.2 Å². The average molecular weight is 896 g/mol. The molecule has 3 aliphatic rings. The third kappa shape index (κ3) is 8.60. The van der Waals surface area contributed by atoms with Crippen LogP contribution >= 0.6 is 0 Å². The van der Waals surface area contributed by atoms with E-state index < -0.39 is 78.2 Å². The van der Waals surface area contributed by atoms with Gasteiger partial charge in [-0.2, -0.15) is 26.3 Å². The Balaban J connectivity index is 1.22.